The number of hydrogen-bond donors (Lipinski definition) is 0. The third-order valence-electron chi connectivity index (χ3n) is 5.40. The highest BCUT2D eigenvalue weighted by Gasteiger charge is 2.33. The largest absolute Gasteiger partial charge is 0.420 e. The summed E-state index contributed by atoms with van der Waals surface area (Å²) in [5.41, 5.74) is 0.711. The summed E-state index contributed by atoms with van der Waals surface area (Å²) in [6.07, 6.45) is 4.14. The van der Waals surface area contributed by atoms with Crippen LogP contribution in [0.1, 0.15) is 51.2 Å². The number of nitrogens with zero attached hydrogens (tertiary/aromatic N) is 4. The summed E-state index contributed by atoms with van der Waals surface area (Å²) in [6.45, 7) is 4.50. The smallest absolute Gasteiger partial charge is 0.408 e. The molecule has 1 atom stereocenters. The highest BCUT2D eigenvalue weighted by Crippen LogP contribution is 2.28. The lowest BCUT2D eigenvalue weighted by molar-refractivity contribution is 0.246. The summed E-state index contributed by atoms with van der Waals surface area (Å²) in [4.78, 5) is 16.7. The molecule has 1 unspecified atom stereocenters. The molecule has 3 heterocycles. The highest BCUT2D eigenvalue weighted by molar-refractivity contribution is 7.89. The standard InChI is InChI=1S/C19H24N4O5S/c1-3-13-7-5-6-10-23(13)29(25,26)14-8-9-15-16(11-14)27-19(24)22(15)12-17-20-18(4-2)28-21-17/h8-9,11,13H,3-7,10,12H2,1-2H3. The first-order valence-corrected chi connectivity index (χ1v) is 11.3. The minimum absolute atomic E-state index is 0.00653. The van der Waals surface area contributed by atoms with E-state index in [-0.39, 0.29) is 23.1 Å². The summed E-state index contributed by atoms with van der Waals surface area (Å²) in [5.74, 6) is 0.255. The summed E-state index contributed by atoms with van der Waals surface area (Å²) in [5, 5.41) is 3.86. The van der Waals surface area contributed by atoms with E-state index in [4.69, 9.17) is 8.94 Å². The minimum Gasteiger partial charge on any atom is -0.408 e. The van der Waals surface area contributed by atoms with Crippen molar-refractivity contribution in [3.05, 3.63) is 40.5 Å². The number of benzene rings is 1. The van der Waals surface area contributed by atoms with E-state index in [9.17, 15) is 13.2 Å². The number of aryl methyl sites for hydroxylation is 1. The Hall–Kier alpha value is -2.46. The molecule has 0 amide bonds. The van der Waals surface area contributed by atoms with Crippen molar-refractivity contribution in [3.63, 3.8) is 0 Å². The normalized spacial score (nSPS) is 18.5. The maximum atomic E-state index is 13.2. The zero-order valence-electron chi connectivity index (χ0n) is 16.5. The maximum absolute atomic E-state index is 13.2. The highest BCUT2D eigenvalue weighted by atomic mass is 32.2. The lowest BCUT2D eigenvalue weighted by atomic mass is 10.0. The van der Waals surface area contributed by atoms with E-state index in [0.29, 0.717) is 30.2 Å². The lowest BCUT2D eigenvalue weighted by Gasteiger charge is -2.34. The molecule has 9 nitrogen and oxygen atoms in total. The molecule has 0 aliphatic carbocycles. The molecule has 1 saturated heterocycles. The maximum Gasteiger partial charge on any atom is 0.420 e. The molecule has 0 spiro atoms. The van der Waals surface area contributed by atoms with Crippen LogP contribution in [0.5, 0.6) is 0 Å². The fourth-order valence-electron chi connectivity index (χ4n) is 3.83. The summed E-state index contributed by atoms with van der Waals surface area (Å²) in [7, 11) is -3.65. The Kier molecular flexibility index (Phi) is 5.30. The first-order chi connectivity index (χ1) is 13.9. The zero-order valence-corrected chi connectivity index (χ0v) is 17.3. The van der Waals surface area contributed by atoms with Crippen LogP contribution in [0.3, 0.4) is 0 Å². The minimum atomic E-state index is -3.65. The van der Waals surface area contributed by atoms with Crippen molar-refractivity contribution in [3.8, 4) is 0 Å². The molecule has 1 fully saturated rings. The number of oxazole rings is 1. The molecular weight excluding hydrogens is 396 g/mol. The molecule has 0 N–H and O–H groups in total. The van der Waals surface area contributed by atoms with Gasteiger partial charge in [0.2, 0.25) is 15.9 Å². The third-order valence-corrected chi connectivity index (χ3v) is 7.35. The van der Waals surface area contributed by atoms with Crippen LogP contribution >= 0.6 is 0 Å². The first-order valence-electron chi connectivity index (χ1n) is 9.90. The van der Waals surface area contributed by atoms with Crippen LogP contribution in [0.25, 0.3) is 11.1 Å². The zero-order chi connectivity index (χ0) is 20.6. The number of hydrogen-bond acceptors (Lipinski definition) is 7. The molecule has 1 aromatic carbocycles. The van der Waals surface area contributed by atoms with Gasteiger partial charge in [0.15, 0.2) is 11.4 Å². The van der Waals surface area contributed by atoms with Gasteiger partial charge >= 0.3 is 5.76 Å². The Labute approximate surface area is 168 Å². The second-order valence-corrected chi connectivity index (χ2v) is 9.11. The monoisotopic (exact) mass is 420 g/mol. The van der Waals surface area contributed by atoms with Crippen LogP contribution < -0.4 is 5.76 Å². The first kappa shape index (κ1) is 19.8. The van der Waals surface area contributed by atoms with Gasteiger partial charge in [0.1, 0.15) is 0 Å². The lowest BCUT2D eigenvalue weighted by Crippen LogP contribution is -2.43. The van der Waals surface area contributed by atoms with Gasteiger partial charge in [-0.15, -0.1) is 0 Å². The van der Waals surface area contributed by atoms with Gasteiger partial charge < -0.3 is 8.94 Å². The topological polar surface area (TPSA) is 111 Å². The van der Waals surface area contributed by atoms with Crippen molar-refractivity contribution < 1.29 is 17.4 Å². The van der Waals surface area contributed by atoms with E-state index in [1.807, 2.05) is 13.8 Å². The van der Waals surface area contributed by atoms with Gasteiger partial charge in [-0.2, -0.15) is 9.29 Å². The summed E-state index contributed by atoms with van der Waals surface area (Å²) < 4.78 is 39.7. The number of piperidine rings is 1. The van der Waals surface area contributed by atoms with Crippen LogP contribution in [0.4, 0.5) is 0 Å². The van der Waals surface area contributed by atoms with Crippen LogP contribution in [0.15, 0.2) is 36.8 Å². The van der Waals surface area contributed by atoms with Crippen LogP contribution in [-0.2, 0) is 23.0 Å². The molecule has 29 heavy (non-hydrogen) atoms. The van der Waals surface area contributed by atoms with Crippen molar-refractivity contribution in [2.45, 2.75) is 63.4 Å². The average Bonchev–Trinajstić information content (AvgIpc) is 3.31. The van der Waals surface area contributed by atoms with Gasteiger partial charge in [0.05, 0.1) is 17.0 Å². The van der Waals surface area contributed by atoms with E-state index in [1.54, 1.807) is 10.4 Å². The average molecular weight is 420 g/mol. The molecule has 2 aromatic heterocycles. The Morgan fingerprint density at radius 1 is 1.24 bits per heavy atom. The van der Waals surface area contributed by atoms with E-state index >= 15 is 0 Å². The van der Waals surface area contributed by atoms with Gasteiger partial charge in [-0.3, -0.25) is 4.57 Å². The Morgan fingerprint density at radius 2 is 2.07 bits per heavy atom. The molecule has 4 rings (SSSR count). The van der Waals surface area contributed by atoms with Crippen molar-refractivity contribution in [1.82, 2.24) is 19.0 Å². The molecule has 10 heteroatoms. The molecule has 3 aromatic rings. The molecule has 0 radical (unpaired) electrons. The van der Waals surface area contributed by atoms with Gasteiger partial charge in [0.25, 0.3) is 0 Å². The second kappa shape index (κ2) is 7.75. The second-order valence-electron chi connectivity index (χ2n) is 7.22. The van der Waals surface area contributed by atoms with E-state index in [1.165, 1.54) is 16.7 Å². The molecule has 156 valence electrons. The third kappa shape index (κ3) is 3.62. The van der Waals surface area contributed by atoms with Gasteiger partial charge in [-0.25, -0.2) is 13.2 Å². The van der Waals surface area contributed by atoms with E-state index in [2.05, 4.69) is 10.1 Å². The van der Waals surface area contributed by atoms with Crippen molar-refractivity contribution >= 4 is 21.1 Å². The fraction of sp³-hybridized carbons (Fsp3) is 0.526. The fourth-order valence-corrected chi connectivity index (χ4v) is 5.61. The number of sulfonamides is 1. The SMILES string of the molecule is CCc1nc(Cn2c(=O)oc3cc(S(=O)(=O)N4CCCCC4CC)ccc32)no1. The Bertz CT molecular complexity index is 1180. The quantitative estimate of drug-likeness (QED) is 0.602. The predicted octanol–water partition coefficient (Wildman–Crippen LogP) is 2.54. The summed E-state index contributed by atoms with van der Waals surface area (Å²) >= 11 is 0. The van der Waals surface area contributed by atoms with Crippen LogP contribution in [-0.4, -0.2) is 40.0 Å². The molecule has 1 aliphatic heterocycles. The Balaban J connectivity index is 1.69. The number of fused-ring (bicyclic) bond motifs is 1. The molecule has 0 saturated carbocycles. The van der Waals surface area contributed by atoms with Crippen molar-refractivity contribution in [2.24, 2.45) is 0 Å². The van der Waals surface area contributed by atoms with E-state index < -0.39 is 15.8 Å². The Morgan fingerprint density at radius 3 is 2.79 bits per heavy atom. The van der Waals surface area contributed by atoms with Crippen LogP contribution in [0, 0.1) is 0 Å². The molecule has 1 aliphatic rings. The van der Waals surface area contributed by atoms with Crippen LogP contribution in [0.2, 0.25) is 0 Å². The van der Waals surface area contributed by atoms with Crippen molar-refractivity contribution in [2.75, 3.05) is 6.54 Å². The molecule has 0 bridgehead atoms. The number of rotatable bonds is 6. The van der Waals surface area contributed by atoms with Gasteiger partial charge in [-0.1, -0.05) is 25.4 Å². The summed E-state index contributed by atoms with van der Waals surface area (Å²) in [6, 6.07) is 4.56. The van der Waals surface area contributed by atoms with Crippen molar-refractivity contribution in [1.29, 1.82) is 0 Å². The predicted molar refractivity (Wildman–Crippen MR) is 105 cm³/mol. The van der Waals surface area contributed by atoms with E-state index in [0.717, 1.165) is 25.7 Å². The number of aromatic nitrogens is 3. The molecular formula is C19H24N4O5S. The van der Waals surface area contributed by atoms with Gasteiger partial charge in [-0.05, 0) is 31.4 Å². The van der Waals surface area contributed by atoms with Gasteiger partial charge in [0, 0.05) is 25.1 Å².